The van der Waals surface area contributed by atoms with E-state index in [1.165, 1.54) is 4.88 Å². The molecule has 20 heavy (non-hydrogen) atoms. The summed E-state index contributed by atoms with van der Waals surface area (Å²) in [6.07, 6.45) is 1.31. The van der Waals surface area contributed by atoms with Crippen molar-refractivity contribution in [3.05, 3.63) is 21.3 Å². The van der Waals surface area contributed by atoms with Crippen molar-refractivity contribution < 1.29 is 4.79 Å². The minimum Gasteiger partial charge on any atom is -0.355 e. The summed E-state index contributed by atoms with van der Waals surface area (Å²) in [5, 5.41) is 8.96. The maximum absolute atomic E-state index is 11.7. The average Bonchev–Trinajstić information content (AvgIpc) is 2.83. The molecule has 1 aliphatic heterocycles. The first-order valence-electron chi connectivity index (χ1n) is 6.67. The number of nitrogens with one attached hydrogen (secondary N) is 2. The van der Waals surface area contributed by atoms with Crippen molar-refractivity contribution in [1.82, 2.24) is 15.5 Å². The predicted octanol–water partition coefficient (Wildman–Crippen LogP) is 1.78. The maximum atomic E-state index is 11.7. The fraction of sp³-hybridized carbons (Fsp3) is 0.615. The molecule has 0 saturated carbocycles. The van der Waals surface area contributed by atoms with Crippen LogP contribution in [0.5, 0.6) is 0 Å². The zero-order valence-electron chi connectivity index (χ0n) is 11.4. The van der Waals surface area contributed by atoms with Crippen molar-refractivity contribution in [2.45, 2.75) is 12.8 Å². The lowest BCUT2D eigenvalue weighted by Crippen LogP contribution is -2.46. The summed E-state index contributed by atoms with van der Waals surface area (Å²) in [5.74, 6) is 0.125. The molecule has 2 rings (SSSR count). The second kappa shape index (κ2) is 9.58. The van der Waals surface area contributed by atoms with Crippen LogP contribution in [0.1, 0.15) is 11.3 Å². The predicted molar refractivity (Wildman–Crippen MR) is 87.2 cm³/mol. The van der Waals surface area contributed by atoms with Crippen molar-refractivity contribution in [2.24, 2.45) is 0 Å². The van der Waals surface area contributed by atoms with Gasteiger partial charge in [-0.15, -0.1) is 23.7 Å². The number of rotatable bonds is 6. The van der Waals surface area contributed by atoms with E-state index in [0.717, 1.165) is 50.7 Å². The Morgan fingerprint density at radius 1 is 1.45 bits per heavy atom. The van der Waals surface area contributed by atoms with Gasteiger partial charge in [-0.2, -0.15) is 0 Å². The van der Waals surface area contributed by atoms with Crippen LogP contribution in [0.2, 0.25) is 5.02 Å². The van der Waals surface area contributed by atoms with Crippen molar-refractivity contribution in [1.29, 1.82) is 0 Å². The largest absolute Gasteiger partial charge is 0.355 e. The van der Waals surface area contributed by atoms with Gasteiger partial charge in [0.1, 0.15) is 0 Å². The van der Waals surface area contributed by atoms with Crippen molar-refractivity contribution in [3.63, 3.8) is 0 Å². The summed E-state index contributed by atoms with van der Waals surface area (Å²) in [5.41, 5.74) is 0. The SMILES string of the molecule is Cl.O=C(CCc1cc(Cl)cs1)NCCN1CCNCC1. The van der Waals surface area contributed by atoms with Gasteiger partial charge in [0.2, 0.25) is 5.91 Å². The van der Waals surface area contributed by atoms with Crippen LogP contribution in [0.3, 0.4) is 0 Å². The number of carbonyl (C=O) groups excluding carboxylic acids is 1. The van der Waals surface area contributed by atoms with E-state index in [4.69, 9.17) is 11.6 Å². The molecule has 4 nitrogen and oxygen atoms in total. The molecule has 7 heteroatoms. The molecule has 114 valence electrons. The summed E-state index contributed by atoms with van der Waals surface area (Å²) in [6, 6.07) is 1.93. The van der Waals surface area contributed by atoms with Crippen LogP contribution >= 0.6 is 35.3 Å². The molecule has 0 aliphatic carbocycles. The third-order valence-electron chi connectivity index (χ3n) is 3.18. The standard InChI is InChI=1S/C13H20ClN3OS.ClH/c14-11-9-12(19-10-11)1-2-13(18)16-5-8-17-6-3-15-4-7-17;/h9-10,15H,1-8H2,(H,16,18);1H. The molecule has 0 radical (unpaired) electrons. The van der Waals surface area contributed by atoms with Gasteiger partial charge in [-0.3, -0.25) is 9.69 Å². The maximum Gasteiger partial charge on any atom is 0.220 e. The van der Waals surface area contributed by atoms with Crippen LogP contribution in [0.25, 0.3) is 0 Å². The minimum absolute atomic E-state index is 0. The molecule has 1 amide bonds. The van der Waals surface area contributed by atoms with Crippen LogP contribution in [0.4, 0.5) is 0 Å². The van der Waals surface area contributed by atoms with Crippen LogP contribution < -0.4 is 10.6 Å². The van der Waals surface area contributed by atoms with E-state index in [-0.39, 0.29) is 18.3 Å². The average molecular weight is 338 g/mol. The second-order valence-electron chi connectivity index (χ2n) is 4.67. The number of carbonyl (C=O) groups is 1. The fourth-order valence-electron chi connectivity index (χ4n) is 2.10. The summed E-state index contributed by atoms with van der Waals surface area (Å²) in [7, 11) is 0. The zero-order chi connectivity index (χ0) is 13.5. The number of hydrogen-bond acceptors (Lipinski definition) is 4. The third kappa shape index (κ3) is 6.41. The normalized spacial score (nSPS) is 15.7. The molecule has 0 bridgehead atoms. The number of aryl methyl sites for hydroxylation is 1. The van der Waals surface area contributed by atoms with Crippen LogP contribution in [-0.2, 0) is 11.2 Å². The monoisotopic (exact) mass is 337 g/mol. The Hall–Kier alpha value is -0.330. The van der Waals surface area contributed by atoms with E-state index in [1.807, 2.05) is 11.4 Å². The molecule has 1 aromatic heterocycles. The van der Waals surface area contributed by atoms with E-state index in [0.29, 0.717) is 6.42 Å². The summed E-state index contributed by atoms with van der Waals surface area (Å²) in [6.45, 7) is 5.93. The highest BCUT2D eigenvalue weighted by Gasteiger charge is 2.09. The number of nitrogens with zero attached hydrogens (tertiary/aromatic N) is 1. The molecule has 0 aromatic carbocycles. The van der Waals surface area contributed by atoms with E-state index in [1.54, 1.807) is 11.3 Å². The second-order valence-corrected chi connectivity index (χ2v) is 6.11. The van der Waals surface area contributed by atoms with Crippen LogP contribution in [0, 0.1) is 0 Å². The third-order valence-corrected chi connectivity index (χ3v) is 4.52. The van der Waals surface area contributed by atoms with Crippen LogP contribution in [0.15, 0.2) is 11.4 Å². The molecule has 0 spiro atoms. The Labute approximate surface area is 135 Å². The molecule has 2 N–H and O–H groups in total. The molecule has 2 heterocycles. The fourth-order valence-corrected chi connectivity index (χ4v) is 3.18. The molecular formula is C13H21Cl2N3OS. The topological polar surface area (TPSA) is 44.4 Å². The minimum atomic E-state index is 0. The number of hydrogen-bond donors (Lipinski definition) is 2. The molecule has 1 aliphatic rings. The van der Waals surface area contributed by atoms with Gasteiger partial charge >= 0.3 is 0 Å². The molecule has 1 saturated heterocycles. The Kier molecular flexibility index (Phi) is 8.49. The van der Waals surface area contributed by atoms with E-state index in [9.17, 15) is 4.79 Å². The molecular weight excluding hydrogens is 317 g/mol. The summed E-state index contributed by atoms with van der Waals surface area (Å²) >= 11 is 7.46. The number of thiophene rings is 1. The quantitative estimate of drug-likeness (QED) is 0.831. The molecule has 1 fully saturated rings. The van der Waals surface area contributed by atoms with E-state index >= 15 is 0 Å². The highest BCUT2D eigenvalue weighted by molar-refractivity contribution is 7.10. The highest BCUT2D eigenvalue weighted by Crippen LogP contribution is 2.20. The molecule has 0 atom stereocenters. The van der Waals surface area contributed by atoms with Crippen molar-refractivity contribution in [3.8, 4) is 0 Å². The van der Waals surface area contributed by atoms with Gasteiger partial charge in [0.25, 0.3) is 0 Å². The molecule has 0 unspecified atom stereocenters. The van der Waals surface area contributed by atoms with Gasteiger partial charge in [-0.1, -0.05) is 11.6 Å². The first-order chi connectivity index (χ1) is 9.24. The lowest BCUT2D eigenvalue weighted by Gasteiger charge is -2.27. The number of piperazine rings is 1. The lowest BCUT2D eigenvalue weighted by molar-refractivity contribution is -0.121. The molecule has 1 aromatic rings. The number of amides is 1. The van der Waals surface area contributed by atoms with E-state index in [2.05, 4.69) is 15.5 Å². The van der Waals surface area contributed by atoms with Crippen molar-refractivity contribution in [2.75, 3.05) is 39.3 Å². The zero-order valence-corrected chi connectivity index (χ0v) is 13.8. The van der Waals surface area contributed by atoms with Gasteiger partial charge in [0.15, 0.2) is 0 Å². The Bertz CT molecular complexity index is 408. The van der Waals surface area contributed by atoms with Gasteiger partial charge < -0.3 is 10.6 Å². The van der Waals surface area contributed by atoms with Gasteiger partial charge in [-0.05, 0) is 12.5 Å². The summed E-state index contributed by atoms with van der Waals surface area (Å²) < 4.78 is 0. The Balaban J connectivity index is 0.00000200. The van der Waals surface area contributed by atoms with Crippen molar-refractivity contribution >= 4 is 41.3 Å². The smallest absolute Gasteiger partial charge is 0.220 e. The highest BCUT2D eigenvalue weighted by atomic mass is 35.5. The Morgan fingerprint density at radius 3 is 2.85 bits per heavy atom. The Morgan fingerprint density at radius 2 is 2.20 bits per heavy atom. The van der Waals surface area contributed by atoms with Crippen LogP contribution in [-0.4, -0.2) is 50.1 Å². The van der Waals surface area contributed by atoms with Gasteiger partial charge in [0, 0.05) is 55.9 Å². The van der Waals surface area contributed by atoms with Gasteiger partial charge in [0.05, 0.1) is 5.02 Å². The first kappa shape index (κ1) is 17.7. The first-order valence-corrected chi connectivity index (χ1v) is 7.92. The number of halogens is 2. The summed E-state index contributed by atoms with van der Waals surface area (Å²) in [4.78, 5) is 15.2. The van der Waals surface area contributed by atoms with E-state index < -0.39 is 0 Å². The lowest BCUT2D eigenvalue weighted by atomic mass is 10.2. The van der Waals surface area contributed by atoms with Gasteiger partial charge in [-0.25, -0.2) is 0 Å².